The second kappa shape index (κ2) is 19.2. The van der Waals surface area contributed by atoms with Gasteiger partial charge >= 0.3 is 27.8 Å². The van der Waals surface area contributed by atoms with Crippen LogP contribution >= 0.6 is 23.2 Å². The molecule has 2 saturated heterocycles. The Hall–Kier alpha value is -5.32. The van der Waals surface area contributed by atoms with Gasteiger partial charge in [-0.15, -0.1) is 0 Å². The van der Waals surface area contributed by atoms with E-state index in [-0.39, 0.29) is 24.5 Å². The molecule has 334 valence electrons. The fourth-order valence-electron chi connectivity index (χ4n) is 8.42. The maximum absolute atomic E-state index is 12.8. The molecule has 2 aromatic carbocycles. The second-order valence-electron chi connectivity index (χ2n) is 15.3. The summed E-state index contributed by atoms with van der Waals surface area (Å²) in [6.07, 6.45) is 7.09. The summed E-state index contributed by atoms with van der Waals surface area (Å²) < 4.78 is 75.9. The highest BCUT2D eigenvalue weighted by Crippen LogP contribution is 2.41. The number of rotatable bonds is 4. The van der Waals surface area contributed by atoms with Crippen LogP contribution in [0.15, 0.2) is 72.1 Å². The lowest BCUT2D eigenvalue weighted by molar-refractivity contribution is -0.0500. The van der Waals surface area contributed by atoms with E-state index in [9.17, 15) is 36.3 Å². The van der Waals surface area contributed by atoms with Gasteiger partial charge in [0.25, 0.3) is 0 Å². The number of carbonyl (C=O) groups is 2. The predicted octanol–water partition coefficient (Wildman–Crippen LogP) is 9.71. The van der Waals surface area contributed by atoms with Gasteiger partial charge in [-0.25, -0.2) is 9.59 Å². The summed E-state index contributed by atoms with van der Waals surface area (Å²) in [7, 11) is -5.82. The first-order valence-corrected chi connectivity index (χ1v) is 22.8. The Kier molecular flexibility index (Phi) is 13.9. The maximum atomic E-state index is 12.8. The van der Waals surface area contributed by atoms with Crippen molar-refractivity contribution < 1.29 is 49.9 Å². The van der Waals surface area contributed by atoms with Crippen LogP contribution in [0.4, 0.5) is 22.8 Å². The van der Waals surface area contributed by atoms with Gasteiger partial charge in [-0.2, -0.15) is 21.6 Å². The van der Waals surface area contributed by atoms with E-state index in [4.69, 9.17) is 32.7 Å². The molecule has 1 N–H and O–H groups in total. The number of carbonyl (C=O) groups excluding carboxylic acids is 2. The number of pyridine rings is 2. The van der Waals surface area contributed by atoms with Crippen molar-refractivity contribution >= 4 is 56.7 Å². The van der Waals surface area contributed by atoms with Crippen molar-refractivity contribution in [2.75, 3.05) is 39.4 Å². The minimum absolute atomic E-state index is 0.184. The van der Waals surface area contributed by atoms with Crippen molar-refractivity contribution in [3.8, 4) is 11.5 Å². The molecule has 0 atom stereocenters. The topological polar surface area (TPSA) is 148 Å². The van der Waals surface area contributed by atoms with Gasteiger partial charge < -0.3 is 28.6 Å². The predicted molar refractivity (Wildman–Crippen MR) is 231 cm³/mol. The first-order chi connectivity index (χ1) is 30.1. The lowest BCUT2D eigenvalue weighted by Gasteiger charge is -2.29. The van der Waals surface area contributed by atoms with Gasteiger partial charge in [-0.05, 0) is 135 Å². The average molecular weight is 930 g/mol. The molecule has 4 aliphatic rings. The Morgan fingerprint density at radius 2 is 1.10 bits per heavy atom. The minimum atomic E-state index is -5.82. The average Bonchev–Trinajstić information content (AvgIpc) is 3.50. The molecule has 2 fully saturated rings. The normalized spacial score (nSPS) is 16.3. The second-order valence-corrected chi connectivity index (χ2v) is 17.7. The molecule has 12 nitrogen and oxygen atoms in total. The minimum Gasteiger partial charge on any atom is -0.506 e. The van der Waals surface area contributed by atoms with Crippen LogP contribution in [0.1, 0.15) is 84.3 Å². The van der Waals surface area contributed by atoms with E-state index < -0.39 is 21.4 Å². The van der Waals surface area contributed by atoms with Crippen LogP contribution in [0.5, 0.6) is 11.5 Å². The molecule has 8 rings (SSSR count). The Bertz CT molecular complexity index is 2530. The van der Waals surface area contributed by atoms with Crippen molar-refractivity contribution in [3.05, 3.63) is 127 Å². The number of aromatic nitrogens is 2. The SMILES string of the molecule is CCOC(=O)N1CCC(=C2c3ccc(Cl)cc3CCc3cc(O)cnc32)CC1.CCOC(=O)N1CCC(=C2c3ccc(Cl)cc3CCc3cc(OS(=O)(=O)C(F)(F)F)cnc32)CC1. The number of aryl methyl sites for hydroxylation is 4. The zero-order valence-corrected chi connectivity index (χ0v) is 36.9. The molecule has 2 aliphatic carbocycles. The highest BCUT2D eigenvalue weighted by Gasteiger charge is 2.48. The lowest BCUT2D eigenvalue weighted by atomic mass is 9.88. The highest BCUT2D eigenvalue weighted by atomic mass is 35.5. The number of aromatic hydroxyl groups is 1. The molecule has 2 aromatic heterocycles. The summed E-state index contributed by atoms with van der Waals surface area (Å²) in [5, 5.41) is 11.2. The quantitative estimate of drug-likeness (QED) is 0.155. The van der Waals surface area contributed by atoms with Crippen LogP contribution in [-0.4, -0.2) is 90.4 Å². The monoisotopic (exact) mass is 928 g/mol. The van der Waals surface area contributed by atoms with Crippen LogP contribution in [0.3, 0.4) is 0 Å². The number of halogens is 5. The summed E-state index contributed by atoms with van der Waals surface area (Å²) in [6.45, 7) is 6.38. The number of alkyl halides is 3. The fourth-order valence-corrected chi connectivity index (χ4v) is 9.25. The molecule has 0 bridgehead atoms. The third-order valence-corrected chi connectivity index (χ3v) is 12.8. The Balaban J connectivity index is 0.000000193. The van der Waals surface area contributed by atoms with E-state index in [0.29, 0.717) is 74.7 Å². The summed E-state index contributed by atoms with van der Waals surface area (Å²) in [6, 6.07) is 14.6. The van der Waals surface area contributed by atoms with Crippen LogP contribution in [0, 0.1) is 0 Å². The van der Waals surface area contributed by atoms with E-state index >= 15 is 0 Å². The third kappa shape index (κ3) is 10.2. The molecular formula is C45H45Cl2F3N4O8S. The first kappa shape index (κ1) is 45.7. The number of piperidine rings is 2. The van der Waals surface area contributed by atoms with Gasteiger partial charge in [0.1, 0.15) is 5.75 Å². The summed E-state index contributed by atoms with van der Waals surface area (Å²) >= 11 is 12.5. The molecule has 2 amide bonds. The van der Waals surface area contributed by atoms with Gasteiger partial charge in [0.15, 0.2) is 5.75 Å². The summed E-state index contributed by atoms with van der Waals surface area (Å²) in [5.74, 6) is -0.323. The molecule has 18 heteroatoms. The molecule has 2 aliphatic heterocycles. The van der Waals surface area contributed by atoms with E-state index in [2.05, 4.69) is 20.2 Å². The van der Waals surface area contributed by atoms with Crippen molar-refractivity contribution in [1.82, 2.24) is 19.8 Å². The van der Waals surface area contributed by atoms with Crippen LogP contribution in [-0.2, 0) is 45.3 Å². The molecule has 4 aromatic rings. The number of benzene rings is 2. The molecular weight excluding hydrogens is 884 g/mol. The van der Waals surface area contributed by atoms with Gasteiger partial charge in [0.2, 0.25) is 0 Å². The smallest absolute Gasteiger partial charge is 0.506 e. The molecule has 0 saturated carbocycles. The van der Waals surface area contributed by atoms with Gasteiger partial charge in [0, 0.05) is 47.4 Å². The Morgan fingerprint density at radius 1 is 0.667 bits per heavy atom. The van der Waals surface area contributed by atoms with Gasteiger partial charge in [-0.1, -0.05) is 46.5 Å². The van der Waals surface area contributed by atoms with Crippen LogP contribution in [0.25, 0.3) is 11.1 Å². The van der Waals surface area contributed by atoms with Crippen molar-refractivity contribution in [1.29, 1.82) is 0 Å². The maximum Gasteiger partial charge on any atom is 0.534 e. The molecule has 0 radical (unpaired) electrons. The zero-order valence-electron chi connectivity index (χ0n) is 34.6. The van der Waals surface area contributed by atoms with Crippen LogP contribution in [0.2, 0.25) is 10.0 Å². The first-order valence-electron chi connectivity index (χ1n) is 20.6. The van der Waals surface area contributed by atoms with E-state index in [0.717, 1.165) is 81.6 Å². The molecule has 63 heavy (non-hydrogen) atoms. The Labute approximate surface area is 373 Å². The summed E-state index contributed by atoms with van der Waals surface area (Å²) in [4.78, 5) is 36.5. The number of nitrogens with zero attached hydrogens (tertiary/aromatic N) is 4. The lowest BCUT2D eigenvalue weighted by Crippen LogP contribution is -2.37. The van der Waals surface area contributed by atoms with E-state index in [1.807, 2.05) is 37.3 Å². The number of amides is 2. The molecule has 4 heterocycles. The number of hydrogen-bond acceptors (Lipinski definition) is 10. The summed E-state index contributed by atoms with van der Waals surface area (Å²) in [5.41, 5.74) is 5.97. The molecule has 0 spiro atoms. The number of fused-ring (bicyclic) bond motifs is 4. The Morgan fingerprint density at radius 3 is 1.54 bits per heavy atom. The van der Waals surface area contributed by atoms with Crippen molar-refractivity contribution in [2.24, 2.45) is 0 Å². The van der Waals surface area contributed by atoms with Crippen molar-refractivity contribution in [3.63, 3.8) is 0 Å². The zero-order chi connectivity index (χ0) is 45.1. The van der Waals surface area contributed by atoms with E-state index in [1.54, 1.807) is 22.8 Å². The van der Waals surface area contributed by atoms with Gasteiger partial charge in [-0.3, -0.25) is 9.97 Å². The van der Waals surface area contributed by atoms with Crippen molar-refractivity contribution in [2.45, 2.75) is 70.7 Å². The van der Waals surface area contributed by atoms with Crippen LogP contribution < -0.4 is 4.18 Å². The fraction of sp³-hybridized carbons (Fsp3) is 0.378. The highest BCUT2D eigenvalue weighted by molar-refractivity contribution is 7.88. The standard InChI is InChI=1S/C23H22ClF3N2O5S.C22H23ClN2O3/c1-2-33-22(30)29-9-7-14(8-10-29)20-19-6-5-17(24)11-15(19)3-4-16-12-18(13-28-21(16)20)34-35(31,32)23(25,26)27;1-2-28-22(27)25-9-7-14(8-10-25)20-19-6-5-17(23)11-15(19)3-4-16-12-18(26)13-24-21(16)20/h5-6,11-13H,2-4,7-10H2,1H3;5-6,11-13,26H,2-4,7-10H2,1H3. The largest absolute Gasteiger partial charge is 0.534 e. The molecule has 0 unspecified atom stereocenters. The third-order valence-electron chi connectivity index (χ3n) is 11.4. The number of hydrogen-bond donors (Lipinski definition) is 1. The van der Waals surface area contributed by atoms with E-state index in [1.165, 1.54) is 23.4 Å². The number of likely N-dealkylation sites (tertiary alicyclic amines) is 2. The van der Waals surface area contributed by atoms with Gasteiger partial charge in [0.05, 0.1) is 37.0 Å². The number of ether oxygens (including phenoxy) is 2.